The molecule has 0 spiro atoms. The molecule has 0 saturated carbocycles. The highest BCUT2D eigenvalue weighted by Gasteiger charge is 2.23. The van der Waals surface area contributed by atoms with Gasteiger partial charge in [-0.1, -0.05) is 23.8 Å². The van der Waals surface area contributed by atoms with Gasteiger partial charge in [-0.05, 0) is 56.5 Å². The van der Waals surface area contributed by atoms with Crippen molar-refractivity contribution in [3.63, 3.8) is 0 Å². The highest BCUT2D eigenvalue weighted by atomic mass is 16.5. The number of hydrogen-bond donors (Lipinski definition) is 1. The SMILES string of the molecule is Cc1cc(C)c(C)c(OCC(=O)NC2CCOc3ccc(C)cc32)c1. The number of carbonyl (C=O) groups is 1. The van der Waals surface area contributed by atoms with Gasteiger partial charge >= 0.3 is 0 Å². The molecule has 3 rings (SSSR count). The van der Waals surface area contributed by atoms with Crippen LogP contribution in [0.25, 0.3) is 0 Å². The second-order valence-corrected chi connectivity index (χ2v) is 6.79. The van der Waals surface area contributed by atoms with Crippen molar-refractivity contribution in [3.8, 4) is 11.5 Å². The highest BCUT2D eigenvalue weighted by molar-refractivity contribution is 5.78. The summed E-state index contributed by atoms with van der Waals surface area (Å²) in [6.45, 7) is 8.76. The van der Waals surface area contributed by atoms with Crippen molar-refractivity contribution in [3.05, 3.63) is 58.1 Å². The molecule has 0 aliphatic carbocycles. The van der Waals surface area contributed by atoms with E-state index in [1.54, 1.807) is 0 Å². The first-order valence-corrected chi connectivity index (χ1v) is 8.67. The number of hydrogen-bond acceptors (Lipinski definition) is 3. The first kappa shape index (κ1) is 17.3. The van der Waals surface area contributed by atoms with Crippen LogP contribution in [0.15, 0.2) is 30.3 Å². The second kappa shape index (κ2) is 7.18. The number of amides is 1. The lowest BCUT2D eigenvalue weighted by molar-refractivity contribution is -0.124. The second-order valence-electron chi connectivity index (χ2n) is 6.79. The fraction of sp³-hybridized carbons (Fsp3) is 0.381. The van der Waals surface area contributed by atoms with Crippen LogP contribution >= 0.6 is 0 Å². The summed E-state index contributed by atoms with van der Waals surface area (Å²) in [5.41, 5.74) is 5.58. The van der Waals surface area contributed by atoms with Crippen molar-refractivity contribution >= 4 is 5.91 Å². The molecule has 4 heteroatoms. The molecule has 1 amide bonds. The molecule has 1 heterocycles. The van der Waals surface area contributed by atoms with Gasteiger partial charge in [-0.2, -0.15) is 0 Å². The van der Waals surface area contributed by atoms with Gasteiger partial charge in [0.1, 0.15) is 11.5 Å². The molecule has 132 valence electrons. The molecule has 1 atom stereocenters. The molecule has 0 bridgehead atoms. The topological polar surface area (TPSA) is 47.6 Å². The lowest BCUT2D eigenvalue weighted by Gasteiger charge is -2.27. The Bertz CT molecular complexity index is 798. The average Bonchev–Trinajstić information content (AvgIpc) is 2.57. The summed E-state index contributed by atoms with van der Waals surface area (Å²) >= 11 is 0. The van der Waals surface area contributed by atoms with Crippen LogP contribution in [0.4, 0.5) is 0 Å². The van der Waals surface area contributed by atoms with Gasteiger partial charge in [-0.25, -0.2) is 0 Å². The van der Waals surface area contributed by atoms with E-state index in [0.717, 1.165) is 40.2 Å². The Morgan fingerprint density at radius 2 is 1.96 bits per heavy atom. The molecule has 1 N–H and O–H groups in total. The van der Waals surface area contributed by atoms with Gasteiger partial charge in [0.15, 0.2) is 6.61 Å². The van der Waals surface area contributed by atoms with E-state index in [4.69, 9.17) is 9.47 Å². The van der Waals surface area contributed by atoms with Gasteiger partial charge in [0.25, 0.3) is 5.91 Å². The van der Waals surface area contributed by atoms with E-state index >= 15 is 0 Å². The zero-order valence-corrected chi connectivity index (χ0v) is 15.3. The van der Waals surface area contributed by atoms with E-state index in [1.165, 1.54) is 5.56 Å². The summed E-state index contributed by atoms with van der Waals surface area (Å²) in [7, 11) is 0. The standard InChI is InChI=1S/C21H25NO3/c1-13-5-6-19-17(10-13)18(7-8-24-19)22-21(23)12-25-20-11-14(2)9-15(3)16(20)4/h5-6,9-11,18H,7-8,12H2,1-4H3,(H,22,23). The Balaban J connectivity index is 1.66. The minimum Gasteiger partial charge on any atom is -0.493 e. The summed E-state index contributed by atoms with van der Waals surface area (Å²) in [5.74, 6) is 1.52. The maximum Gasteiger partial charge on any atom is 0.258 e. The van der Waals surface area contributed by atoms with Gasteiger partial charge in [0, 0.05) is 12.0 Å². The largest absolute Gasteiger partial charge is 0.493 e. The quantitative estimate of drug-likeness (QED) is 0.918. The molecular weight excluding hydrogens is 314 g/mol. The monoisotopic (exact) mass is 339 g/mol. The molecule has 0 fully saturated rings. The molecule has 1 aliphatic rings. The van der Waals surface area contributed by atoms with Crippen LogP contribution in [-0.2, 0) is 4.79 Å². The molecule has 0 saturated heterocycles. The Hall–Kier alpha value is -2.49. The fourth-order valence-electron chi connectivity index (χ4n) is 3.19. The molecule has 0 radical (unpaired) electrons. The van der Waals surface area contributed by atoms with Gasteiger partial charge in [0.05, 0.1) is 12.6 Å². The van der Waals surface area contributed by atoms with Crippen LogP contribution in [0, 0.1) is 27.7 Å². The first-order chi connectivity index (χ1) is 11.9. The number of rotatable bonds is 4. The van der Waals surface area contributed by atoms with E-state index in [-0.39, 0.29) is 18.6 Å². The molecule has 25 heavy (non-hydrogen) atoms. The number of ether oxygens (including phenoxy) is 2. The zero-order chi connectivity index (χ0) is 18.0. The highest BCUT2D eigenvalue weighted by Crippen LogP contribution is 2.32. The Morgan fingerprint density at radius 1 is 1.16 bits per heavy atom. The van der Waals surface area contributed by atoms with Crippen molar-refractivity contribution in [1.29, 1.82) is 0 Å². The van der Waals surface area contributed by atoms with Crippen LogP contribution in [-0.4, -0.2) is 19.1 Å². The molecule has 1 aliphatic heterocycles. The fourth-order valence-corrected chi connectivity index (χ4v) is 3.19. The van der Waals surface area contributed by atoms with Crippen molar-refractivity contribution < 1.29 is 14.3 Å². The summed E-state index contributed by atoms with van der Waals surface area (Å²) in [5, 5.41) is 3.08. The number of fused-ring (bicyclic) bond motifs is 1. The van der Waals surface area contributed by atoms with Gasteiger partial charge in [-0.15, -0.1) is 0 Å². The van der Waals surface area contributed by atoms with Crippen LogP contribution in [0.1, 0.15) is 40.3 Å². The number of carbonyl (C=O) groups excluding carboxylic acids is 1. The Kier molecular flexibility index (Phi) is 4.98. The lowest BCUT2D eigenvalue weighted by atomic mass is 9.98. The third kappa shape index (κ3) is 3.95. The van der Waals surface area contributed by atoms with E-state index in [9.17, 15) is 4.79 Å². The van der Waals surface area contributed by atoms with Gasteiger partial charge in [0.2, 0.25) is 0 Å². The Labute approximate surface area is 149 Å². The third-order valence-corrected chi connectivity index (χ3v) is 4.66. The van der Waals surface area contributed by atoms with E-state index < -0.39 is 0 Å². The van der Waals surface area contributed by atoms with E-state index in [0.29, 0.717) is 6.61 Å². The van der Waals surface area contributed by atoms with Crippen LogP contribution in [0.5, 0.6) is 11.5 Å². The molecule has 0 aromatic heterocycles. The van der Waals surface area contributed by atoms with E-state index in [1.807, 2.05) is 39.0 Å². The third-order valence-electron chi connectivity index (χ3n) is 4.66. The lowest BCUT2D eigenvalue weighted by Crippen LogP contribution is -2.35. The van der Waals surface area contributed by atoms with Gasteiger partial charge in [-0.3, -0.25) is 4.79 Å². The smallest absolute Gasteiger partial charge is 0.258 e. The van der Waals surface area contributed by atoms with Crippen LogP contribution < -0.4 is 14.8 Å². The summed E-state index contributed by atoms with van der Waals surface area (Å²) in [4.78, 5) is 12.4. The Morgan fingerprint density at radius 3 is 2.76 bits per heavy atom. The summed E-state index contributed by atoms with van der Waals surface area (Å²) in [6.07, 6.45) is 0.769. The maximum atomic E-state index is 12.4. The number of benzene rings is 2. The van der Waals surface area contributed by atoms with Crippen molar-refractivity contribution in [2.24, 2.45) is 0 Å². The number of nitrogens with one attached hydrogen (secondary N) is 1. The van der Waals surface area contributed by atoms with Crippen LogP contribution in [0.3, 0.4) is 0 Å². The van der Waals surface area contributed by atoms with Crippen molar-refractivity contribution in [2.75, 3.05) is 13.2 Å². The predicted molar refractivity (Wildman–Crippen MR) is 98.3 cm³/mol. The summed E-state index contributed by atoms with van der Waals surface area (Å²) in [6, 6.07) is 10.1. The normalized spacial score (nSPS) is 15.9. The molecule has 2 aromatic carbocycles. The minimum atomic E-state index is -0.113. The minimum absolute atomic E-state index is 0.0161. The maximum absolute atomic E-state index is 12.4. The van der Waals surface area contributed by atoms with Crippen molar-refractivity contribution in [2.45, 2.75) is 40.2 Å². The average molecular weight is 339 g/mol. The van der Waals surface area contributed by atoms with Gasteiger partial charge < -0.3 is 14.8 Å². The number of aryl methyl sites for hydroxylation is 3. The zero-order valence-electron chi connectivity index (χ0n) is 15.3. The first-order valence-electron chi connectivity index (χ1n) is 8.67. The molecular formula is C21H25NO3. The van der Waals surface area contributed by atoms with Crippen molar-refractivity contribution in [1.82, 2.24) is 5.32 Å². The predicted octanol–water partition coefficient (Wildman–Crippen LogP) is 3.94. The van der Waals surface area contributed by atoms with Crippen LogP contribution in [0.2, 0.25) is 0 Å². The molecule has 2 aromatic rings. The summed E-state index contributed by atoms with van der Waals surface area (Å²) < 4.78 is 11.4. The molecule has 1 unspecified atom stereocenters. The van der Waals surface area contributed by atoms with E-state index in [2.05, 4.69) is 24.4 Å². The molecule has 4 nitrogen and oxygen atoms in total.